The number of hydrogen-bond acceptors (Lipinski definition) is 3. The van der Waals surface area contributed by atoms with Crippen LogP contribution in [0.4, 0.5) is 0 Å². The molecule has 0 radical (unpaired) electrons. The van der Waals surface area contributed by atoms with E-state index in [1.807, 2.05) is 6.07 Å². The van der Waals surface area contributed by atoms with E-state index in [-0.39, 0.29) is 29.7 Å². The molecular formula is C15H24IN3O2. The highest BCUT2D eigenvalue weighted by molar-refractivity contribution is 14.0. The van der Waals surface area contributed by atoms with Crippen molar-refractivity contribution in [2.24, 2.45) is 16.6 Å². The van der Waals surface area contributed by atoms with Crippen LogP contribution in [-0.2, 0) is 6.54 Å². The maximum atomic E-state index is 9.72. The zero-order valence-corrected chi connectivity index (χ0v) is 14.9. The molecule has 2 rings (SSSR count). The van der Waals surface area contributed by atoms with Gasteiger partial charge in [0.05, 0.1) is 13.7 Å². The topological polar surface area (TPSA) is 71.1 Å². The lowest BCUT2D eigenvalue weighted by atomic mass is 10.00. The lowest BCUT2D eigenvalue weighted by Gasteiger charge is -2.31. The summed E-state index contributed by atoms with van der Waals surface area (Å²) in [6.45, 7) is 4.69. The molecule has 0 spiro atoms. The molecule has 1 aliphatic rings. The molecule has 6 heteroatoms. The minimum atomic E-state index is 0. The number of hydrogen-bond donors (Lipinski definition) is 2. The average molecular weight is 405 g/mol. The van der Waals surface area contributed by atoms with Crippen LogP contribution in [-0.4, -0.2) is 36.2 Å². The summed E-state index contributed by atoms with van der Waals surface area (Å²) in [5.41, 5.74) is 6.94. The van der Waals surface area contributed by atoms with Crippen LogP contribution in [0.3, 0.4) is 0 Å². The van der Waals surface area contributed by atoms with Crippen molar-refractivity contribution < 1.29 is 9.84 Å². The molecule has 1 saturated heterocycles. The molecular weight excluding hydrogens is 381 g/mol. The summed E-state index contributed by atoms with van der Waals surface area (Å²) in [5, 5.41) is 9.72. The highest BCUT2D eigenvalue weighted by Crippen LogP contribution is 2.26. The van der Waals surface area contributed by atoms with Crippen LogP contribution in [0, 0.1) is 5.92 Å². The van der Waals surface area contributed by atoms with Crippen LogP contribution >= 0.6 is 24.0 Å². The number of phenols is 1. The van der Waals surface area contributed by atoms with Crippen molar-refractivity contribution in [2.45, 2.75) is 26.3 Å². The SMILES string of the molecule is COc1ccc(CN=C(N)N2CCC(C)CC2)cc1O.I. The summed E-state index contributed by atoms with van der Waals surface area (Å²) in [4.78, 5) is 6.54. The number of aliphatic imine (C=N–C) groups is 1. The quantitative estimate of drug-likeness (QED) is 0.461. The summed E-state index contributed by atoms with van der Waals surface area (Å²) >= 11 is 0. The van der Waals surface area contributed by atoms with Crippen molar-refractivity contribution in [1.29, 1.82) is 0 Å². The zero-order valence-electron chi connectivity index (χ0n) is 12.6. The van der Waals surface area contributed by atoms with Crippen LogP contribution in [0.15, 0.2) is 23.2 Å². The molecule has 0 unspecified atom stereocenters. The van der Waals surface area contributed by atoms with Crippen LogP contribution in [0.5, 0.6) is 11.5 Å². The fourth-order valence-electron chi connectivity index (χ4n) is 2.34. The normalized spacial score (nSPS) is 16.5. The van der Waals surface area contributed by atoms with Gasteiger partial charge in [0, 0.05) is 13.1 Å². The van der Waals surface area contributed by atoms with Gasteiger partial charge in [-0.3, -0.25) is 0 Å². The van der Waals surface area contributed by atoms with Crippen molar-refractivity contribution in [3.63, 3.8) is 0 Å². The lowest BCUT2D eigenvalue weighted by molar-refractivity contribution is 0.277. The van der Waals surface area contributed by atoms with Crippen LogP contribution < -0.4 is 10.5 Å². The van der Waals surface area contributed by atoms with Gasteiger partial charge in [0.1, 0.15) is 0 Å². The van der Waals surface area contributed by atoms with Crippen LogP contribution in [0.2, 0.25) is 0 Å². The van der Waals surface area contributed by atoms with Gasteiger partial charge in [-0.1, -0.05) is 13.0 Å². The van der Waals surface area contributed by atoms with Gasteiger partial charge >= 0.3 is 0 Å². The third-order valence-electron chi connectivity index (χ3n) is 3.77. The molecule has 1 aliphatic heterocycles. The second kappa shape index (κ2) is 8.31. The second-order valence-corrected chi connectivity index (χ2v) is 5.35. The Morgan fingerprint density at radius 2 is 2.10 bits per heavy atom. The Morgan fingerprint density at radius 3 is 2.67 bits per heavy atom. The molecule has 118 valence electrons. The van der Waals surface area contributed by atoms with Gasteiger partial charge in [-0.2, -0.15) is 0 Å². The Labute approximate surface area is 143 Å². The molecule has 0 bridgehead atoms. The number of likely N-dealkylation sites (tertiary alicyclic amines) is 1. The van der Waals surface area contributed by atoms with Gasteiger partial charge in [-0.15, -0.1) is 24.0 Å². The second-order valence-electron chi connectivity index (χ2n) is 5.35. The first-order valence-electron chi connectivity index (χ1n) is 7.01. The fraction of sp³-hybridized carbons (Fsp3) is 0.533. The van der Waals surface area contributed by atoms with Gasteiger partial charge in [-0.25, -0.2) is 4.99 Å². The number of nitrogens with zero attached hydrogens (tertiary/aromatic N) is 2. The molecule has 1 fully saturated rings. The van der Waals surface area contributed by atoms with Crippen molar-refractivity contribution in [3.05, 3.63) is 23.8 Å². The van der Waals surface area contributed by atoms with E-state index in [0.717, 1.165) is 24.6 Å². The van der Waals surface area contributed by atoms with E-state index < -0.39 is 0 Å². The molecule has 3 N–H and O–H groups in total. The van der Waals surface area contributed by atoms with Gasteiger partial charge in [0.2, 0.25) is 0 Å². The highest BCUT2D eigenvalue weighted by Gasteiger charge is 2.16. The molecule has 5 nitrogen and oxygen atoms in total. The minimum absolute atomic E-state index is 0. The first kappa shape index (κ1) is 17.9. The minimum Gasteiger partial charge on any atom is -0.504 e. The predicted molar refractivity (Wildman–Crippen MR) is 95.4 cm³/mol. The number of methoxy groups -OCH3 is 1. The summed E-state index contributed by atoms with van der Waals surface area (Å²) in [6, 6.07) is 5.28. The van der Waals surface area contributed by atoms with E-state index in [0.29, 0.717) is 18.3 Å². The maximum absolute atomic E-state index is 9.72. The molecule has 0 saturated carbocycles. The Bertz CT molecular complexity index is 486. The molecule has 1 heterocycles. The van der Waals surface area contributed by atoms with Gasteiger partial charge < -0.3 is 20.5 Å². The number of halogens is 1. The standard InChI is InChI=1S/C15H23N3O2.HI/c1-11-5-7-18(8-6-11)15(16)17-10-12-3-4-14(20-2)13(19)9-12;/h3-4,9,11,19H,5-8,10H2,1-2H3,(H2,16,17);1H. The lowest BCUT2D eigenvalue weighted by Crippen LogP contribution is -2.42. The Morgan fingerprint density at radius 1 is 1.43 bits per heavy atom. The van der Waals surface area contributed by atoms with Gasteiger partial charge in [-0.05, 0) is 36.5 Å². The smallest absolute Gasteiger partial charge is 0.191 e. The summed E-state index contributed by atoms with van der Waals surface area (Å²) in [5.74, 6) is 1.96. The summed E-state index contributed by atoms with van der Waals surface area (Å²) < 4.78 is 5.01. The maximum Gasteiger partial charge on any atom is 0.191 e. The van der Waals surface area contributed by atoms with Crippen molar-refractivity contribution in [1.82, 2.24) is 4.90 Å². The van der Waals surface area contributed by atoms with Crippen molar-refractivity contribution in [2.75, 3.05) is 20.2 Å². The number of guanidine groups is 1. The number of ether oxygens (including phenoxy) is 1. The van der Waals surface area contributed by atoms with E-state index >= 15 is 0 Å². The molecule has 0 atom stereocenters. The number of aromatic hydroxyl groups is 1. The number of phenolic OH excluding ortho intramolecular Hbond substituents is 1. The van der Waals surface area contributed by atoms with Crippen LogP contribution in [0.25, 0.3) is 0 Å². The zero-order chi connectivity index (χ0) is 14.5. The third kappa shape index (κ3) is 4.94. The summed E-state index contributed by atoms with van der Waals surface area (Å²) in [6.07, 6.45) is 2.33. The molecule has 0 aromatic heterocycles. The summed E-state index contributed by atoms with van der Waals surface area (Å²) in [7, 11) is 1.53. The van der Waals surface area contributed by atoms with E-state index in [4.69, 9.17) is 10.5 Å². The van der Waals surface area contributed by atoms with Crippen molar-refractivity contribution in [3.8, 4) is 11.5 Å². The highest BCUT2D eigenvalue weighted by atomic mass is 127. The Kier molecular flexibility index (Phi) is 7.07. The first-order valence-corrected chi connectivity index (χ1v) is 7.01. The Hall–Kier alpha value is -1.18. The number of nitrogens with two attached hydrogens (primary N) is 1. The molecule has 1 aromatic carbocycles. The number of piperidine rings is 1. The van der Waals surface area contributed by atoms with Gasteiger partial charge in [0.15, 0.2) is 17.5 Å². The van der Waals surface area contributed by atoms with Gasteiger partial charge in [0.25, 0.3) is 0 Å². The fourth-order valence-corrected chi connectivity index (χ4v) is 2.34. The molecule has 21 heavy (non-hydrogen) atoms. The van der Waals surface area contributed by atoms with Crippen LogP contribution in [0.1, 0.15) is 25.3 Å². The van der Waals surface area contributed by atoms with E-state index in [2.05, 4.69) is 16.8 Å². The molecule has 0 aliphatic carbocycles. The van der Waals surface area contributed by atoms with E-state index in [9.17, 15) is 5.11 Å². The molecule has 1 aromatic rings. The first-order chi connectivity index (χ1) is 9.60. The predicted octanol–water partition coefficient (Wildman–Crippen LogP) is 2.57. The Balaban J connectivity index is 0.00000220. The van der Waals surface area contributed by atoms with E-state index in [1.165, 1.54) is 20.0 Å². The average Bonchev–Trinajstić information content (AvgIpc) is 2.45. The number of rotatable bonds is 3. The monoisotopic (exact) mass is 405 g/mol. The van der Waals surface area contributed by atoms with E-state index in [1.54, 1.807) is 12.1 Å². The number of benzene rings is 1. The van der Waals surface area contributed by atoms with Crippen molar-refractivity contribution >= 4 is 29.9 Å². The molecule has 0 amide bonds. The third-order valence-corrected chi connectivity index (χ3v) is 3.77. The largest absolute Gasteiger partial charge is 0.504 e.